The molecule has 0 aliphatic carbocycles. The van der Waals surface area contributed by atoms with Crippen LogP contribution in [0.5, 0.6) is 5.75 Å². The van der Waals surface area contributed by atoms with E-state index in [0.29, 0.717) is 27.8 Å². The number of hydrogen-bond donors (Lipinski definition) is 2. The van der Waals surface area contributed by atoms with Crippen molar-refractivity contribution in [2.45, 2.75) is 6.42 Å². The molecule has 1 saturated heterocycles. The smallest absolute Gasteiger partial charge is 0.263 e. The second kappa shape index (κ2) is 8.08. The molecule has 2 aromatic carbocycles. The number of amides is 2. The van der Waals surface area contributed by atoms with Gasteiger partial charge in [0.25, 0.3) is 11.8 Å². The third-order valence-corrected chi connectivity index (χ3v) is 4.89. The highest BCUT2D eigenvalue weighted by Gasteiger charge is 2.26. The molecule has 1 aliphatic heterocycles. The number of nitrogens with one attached hydrogen (secondary N) is 2. The van der Waals surface area contributed by atoms with Crippen LogP contribution in [0.25, 0.3) is 6.08 Å². The van der Waals surface area contributed by atoms with Gasteiger partial charge in [-0.3, -0.25) is 20.2 Å². The zero-order valence-electron chi connectivity index (χ0n) is 14.1. The summed E-state index contributed by atoms with van der Waals surface area (Å²) in [6.45, 7) is 0. The number of halogens is 2. The van der Waals surface area contributed by atoms with Crippen molar-refractivity contribution in [1.29, 1.82) is 0 Å². The minimum atomic E-state index is -0.570. The molecule has 3 rings (SSSR count). The van der Waals surface area contributed by atoms with Crippen LogP contribution in [-0.2, 0) is 16.0 Å². The van der Waals surface area contributed by atoms with E-state index in [1.807, 2.05) is 18.2 Å². The number of thiocarbonyl (C=S) groups is 1. The fraction of sp³-hybridized carbons (Fsp3) is 0.105. The van der Waals surface area contributed by atoms with E-state index in [1.54, 1.807) is 18.2 Å². The molecule has 8 heteroatoms. The normalized spacial score (nSPS) is 13.9. The minimum Gasteiger partial charge on any atom is -0.496 e. The lowest BCUT2D eigenvalue weighted by molar-refractivity contribution is -0.123. The molecular weight excluding hydrogens is 407 g/mol. The van der Waals surface area contributed by atoms with Crippen LogP contribution in [0, 0.1) is 0 Å². The number of rotatable bonds is 4. The summed E-state index contributed by atoms with van der Waals surface area (Å²) < 4.78 is 5.46. The van der Waals surface area contributed by atoms with Crippen molar-refractivity contribution in [2.24, 2.45) is 0 Å². The first-order chi connectivity index (χ1) is 12.9. The first-order valence-corrected chi connectivity index (χ1v) is 9.03. The van der Waals surface area contributed by atoms with Crippen molar-refractivity contribution in [1.82, 2.24) is 10.6 Å². The molecule has 5 nitrogen and oxygen atoms in total. The number of ether oxygens (including phenoxy) is 1. The van der Waals surface area contributed by atoms with Gasteiger partial charge < -0.3 is 4.74 Å². The van der Waals surface area contributed by atoms with E-state index in [1.165, 1.54) is 13.2 Å². The molecule has 2 aromatic rings. The highest BCUT2D eigenvalue weighted by molar-refractivity contribution is 7.80. The van der Waals surface area contributed by atoms with Crippen molar-refractivity contribution in [2.75, 3.05) is 7.11 Å². The lowest BCUT2D eigenvalue weighted by Crippen LogP contribution is -2.51. The van der Waals surface area contributed by atoms with Gasteiger partial charge in [-0.1, -0.05) is 41.4 Å². The van der Waals surface area contributed by atoms with Gasteiger partial charge in [0.15, 0.2) is 5.11 Å². The van der Waals surface area contributed by atoms with Gasteiger partial charge in [0.2, 0.25) is 0 Å². The maximum absolute atomic E-state index is 12.0. The third-order valence-electron chi connectivity index (χ3n) is 3.98. The Morgan fingerprint density at radius 3 is 2.37 bits per heavy atom. The van der Waals surface area contributed by atoms with Gasteiger partial charge in [0, 0.05) is 22.0 Å². The van der Waals surface area contributed by atoms with E-state index in [2.05, 4.69) is 10.6 Å². The standard InChI is InChI=1S/C19H14Cl2N2O3S/c1-26-16-8-10(6-13-17(24)22-19(27)23-18(13)25)7-15(21)12(16)9-11-4-2-3-5-14(11)20/h2-8H,9H2,1H3,(H2,22,23,24,25,27). The molecule has 0 radical (unpaired) electrons. The Balaban J connectivity index is 1.98. The second-order valence-electron chi connectivity index (χ2n) is 5.75. The first-order valence-electron chi connectivity index (χ1n) is 7.87. The number of carbonyl (C=O) groups excluding carboxylic acids is 2. The fourth-order valence-corrected chi connectivity index (χ4v) is 3.35. The van der Waals surface area contributed by atoms with Gasteiger partial charge in [-0.2, -0.15) is 0 Å². The molecule has 0 saturated carbocycles. The van der Waals surface area contributed by atoms with E-state index >= 15 is 0 Å². The van der Waals surface area contributed by atoms with Crippen LogP contribution < -0.4 is 15.4 Å². The zero-order chi connectivity index (χ0) is 19.6. The van der Waals surface area contributed by atoms with Gasteiger partial charge in [0.1, 0.15) is 11.3 Å². The Hall–Kier alpha value is -2.41. The number of benzene rings is 2. The molecule has 0 aromatic heterocycles. The Morgan fingerprint density at radius 2 is 1.74 bits per heavy atom. The van der Waals surface area contributed by atoms with Crippen LogP contribution in [0.3, 0.4) is 0 Å². The molecule has 0 bridgehead atoms. The molecule has 0 atom stereocenters. The van der Waals surface area contributed by atoms with Crippen molar-refractivity contribution in [3.05, 3.63) is 68.7 Å². The topological polar surface area (TPSA) is 67.4 Å². The molecule has 2 N–H and O–H groups in total. The molecule has 1 heterocycles. The summed E-state index contributed by atoms with van der Waals surface area (Å²) in [6, 6.07) is 10.8. The first kappa shape index (κ1) is 19.4. The Morgan fingerprint density at radius 1 is 1.07 bits per heavy atom. The summed E-state index contributed by atoms with van der Waals surface area (Å²) in [5.74, 6) is -0.612. The maximum atomic E-state index is 12.0. The predicted molar refractivity (Wildman–Crippen MR) is 109 cm³/mol. The Bertz CT molecular complexity index is 967. The zero-order valence-corrected chi connectivity index (χ0v) is 16.5. The maximum Gasteiger partial charge on any atom is 0.263 e. The van der Waals surface area contributed by atoms with E-state index < -0.39 is 11.8 Å². The summed E-state index contributed by atoms with van der Waals surface area (Å²) in [7, 11) is 1.52. The van der Waals surface area contributed by atoms with E-state index in [-0.39, 0.29) is 10.7 Å². The molecule has 2 amide bonds. The molecule has 0 unspecified atom stereocenters. The van der Waals surface area contributed by atoms with Crippen LogP contribution in [-0.4, -0.2) is 24.0 Å². The van der Waals surface area contributed by atoms with Crippen LogP contribution in [0.4, 0.5) is 0 Å². The van der Waals surface area contributed by atoms with Gasteiger partial charge in [-0.25, -0.2) is 0 Å². The van der Waals surface area contributed by atoms with E-state index in [0.717, 1.165) is 11.1 Å². The van der Waals surface area contributed by atoms with Crippen molar-refractivity contribution < 1.29 is 14.3 Å². The summed E-state index contributed by atoms with van der Waals surface area (Å²) in [6.07, 6.45) is 1.91. The van der Waals surface area contributed by atoms with Crippen LogP contribution in [0.15, 0.2) is 42.0 Å². The molecule has 0 spiro atoms. The highest BCUT2D eigenvalue weighted by Crippen LogP contribution is 2.33. The largest absolute Gasteiger partial charge is 0.496 e. The summed E-state index contributed by atoms with van der Waals surface area (Å²) in [5, 5.41) is 5.82. The van der Waals surface area contributed by atoms with Crippen LogP contribution in [0.2, 0.25) is 10.0 Å². The predicted octanol–water partition coefficient (Wildman–Crippen LogP) is 3.51. The second-order valence-corrected chi connectivity index (χ2v) is 6.97. The lowest BCUT2D eigenvalue weighted by atomic mass is 10.0. The summed E-state index contributed by atoms with van der Waals surface area (Å²) in [4.78, 5) is 24.0. The summed E-state index contributed by atoms with van der Waals surface area (Å²) >= 11 is 17.5. The van der Waals surface area contributed by atoms with Gasteiger partial charge in [-0.15, -0.1) is 0 Å². The fourth-order valence-electron chi connectivity index (χ4n) is 2.67. The molecule has 1 aliphatic rings. The highest BCUT2D eigenvalue weighted by atomic mass is 35.5. The molecule has 138 valence electrons. The monoisotopic (exact) mass is 420 g/mol. The quantitative estimate of drug-likeness (QED) is 0.451. The Kier molecular flexibility index (Phi) is 5.79. The third kappa shape index (κ3) is 4.30. The lowest BCUT2D eigenvalue weighted by Gasteiger charge is -2.17. The van der Waals surface area contributed by atoms with Crippen molar-refractivity contribution in [3.8, 4) is 5.75 Å². The van der Waals surface area contributed by atoms with E-state index in [4.69, 9.17) is 40.2 Å². The minimum absolute atomic E-state index is 0.0205. The van der Waals surface area contributed by atoms with Crippen molar-refractivity contribution in [3.63, 3.8) is 0 Å². The molecular formula is C19H14Cl2N2O3S. The van der Waals surface area contributed by atoms with Crippen LogP contribution in [0.1, 0.15) is 16.7 Å². The number of methoxy groups -OCH3 is 1. The SMILES string of the molecule is COc1cc(C=C2C(=O)NC(=S)NC2=O)cc(Cl)c1Cc1ccccc1Cl. The van der Waals surface area contributed by atoms with Gasteiger partial charge in [0.05, 0.1) is 7.11 Å². The van der Waals surface area contributed by atoms with E-state index in [9.17, 15) is 9.59 Å². The van der Waals surface area contributed by atoms with Gasteiger partial charge in [-0.05, 0) is 47.6 Å². The van der Waals surface area contributed by atoms with Crippen LogP contribution >= 0.6 is 35.4 Å². The number of hydrogen-bond acceptors (Lipinski definition) is 4. The van der Waals surface area contributed by atoms with Crippen molar-refractivity contribution >= 4 is 58.4 Å². The Labute approximate surface area is 171 Å². The average molecular weight is 421 g/mol. The molecule has 1 fully saturated rings. The van der Waals surface area contributed by atoms with Gasteiger partial charge >= 0.3 is 0 Å². The average Bonchev–Trinajstić information content (AvgIpc) is 2.61. The number of carbonyl (C=O) groups is 2. The molecule has 27 heavy (non-hydrogen) atoms. The summed E-state index contributed by atoms with van der Waals surface area (Å²) in [5.41, 5.74) is 2.15.